The Morgan fingerprint density at radius 1 is 0.976 bits per heavy atom. The Morgan fingerprint density at radius 2 is 1.76 bits per heavy atom. The average molecular weight is 590 g/mol. The summed E-state index contributed by atoms with van der Waals surface area (Å²) in [5.41, 5.74) is 3.69. The van der Waals surface area contributed by atoms with Gasteiger partial charge in [0.25, 0.3) is 17.5 Å². The lowest BCUT2D eigenvalue weighted by Gasteiger charge is -2.05. The molecule has 0 aliphatic carbocycles. The predicted octanol–water partition coefficient (Wildman–Crippen LogP) is 6.65. The maximum Gasteiger partial charge on any atom is 0.283 e. The zero-order chi connectivity index (χ0) is 28.9. The van der Waals surface area contributed by atoms with Crippen molar-refractivity contribution in [3.63, 3.8) is 0 Å². The summed E-state index contributed by atoms with van der Waals surface area (Å²) >= 11 is 2.39. The zero-order valence-electron chi connectivity index (χ0n) is 20.7. The van der Waals surface area contributed by atoms with Crippen LogP contribution in [0.4, 0.5) is 20.2 Å². The van der Waals surface area contributed by atoms with E-state index in [0.717, 1.165) is 28.6 Å². The van der Waals surface area contributed by atoms with Crippen molar-refractivity contribution in [2.75, 3.05) is 5.32 Å². The second-order valence-electron chi connectivity index (χ2n) is 8.39. The number of nitro groups is 1. The maximum atomic E-state index is 13.9. The number of rotatable bonds is 8. The van der Waals surface area contributed by atoms with Gasteiger partial charge in [0.15, 0.2) is 4.34 Å². The minimum absolute atomic E-state index is 0.0794. The van der Waals surface area contributed by atoms with Crippen LogP contribution in [0.15, 0.2) is 99.3 Å². The number of nitrogens with zero attached hydrogens (tertiary/aromatic N) is 3. The summed E-state index contributed by atoms with van der Waals surface area (Å²) < 4.78 is 28.2. The van der Waals surface area contributed by atoms with Gasteiger partial charge in [0.1, 0.15) is 11.6 Å². The van der Waals surface area contributed by atoms with Gasteiger partial charge in [0, 0.05) is 22.9 Å². The number of benzene rings is 4. The first kappa shape index (κ1) is 27.6. The van der Waals surface area contributed by atoms with Crippen LogP contribution in [0.25, 0.3) is 10.2 Å². The fourth-order valence-electron chi connectivity index (χ4n) is 3.64. The first-order valence-corrected chi connectivity index (χ1v) is 13.4. The van der Waals surface area contributed by atoms with Crippen molar-refractivity contribution in [3.05, 3.63) is 123 Å². The quantitative estimate of drug-likeness (QED) is 0.119. The highest BCUT2D eigenvalue weighted by Crippen LogP contribution is 2.39. The van der Waals surface area contributed by atoms with E-state index in [4.69, 9.17) is 0 Å². The molecule has 0 fully saturated rings. The number of nitro benzene ring substituents is 1. The summed E-state index contributed by atoms with van der Waals surface area (Å²) in [4.78, 5) is 40.7. The first-order chi connectivity index (χ1) is 19.8. The van der Waals surface area contributed by atoms with Gasteiger partial charge in [-0.15, -0.1) is 11.3 Å². The average Bonchev–Trinajstić information content (AvgIpc) is 3.35. The van der Waals surface area contributed by atoms with E-state index >= 15 is 0 Å². The topological polar surface area (TPSA) is 127 Å². The molecule has 5 aromatic rings. The highest BCUT2D eigenvalue weighted by Gasteiger charge is 2.18. The number of amides is 2. The number of aromatic nitrogens is 1. The molecule has 0 aliphatic heterocycles. The highest BCUT2D eigenvalue weighted by molar-refractivity contribution is 8.01. The molecule has 5 rings (SSSR count). The minimum atomic E-state index is -0.629. The van der Waals surface area contributed by atoms with Gasteiger partial charge in [-0.3, -0.25) is 19.7 Å². The fraction of sp³-hybridized carbons (Fsp3) is 0. The summed E-state index contributed by atoms with van der Waals surface area (Å²) in [5, 5.41) is 18.3. The van der Waals surface area contributed by atoms with E-state index in [0.29, 0.717) is 26.0 Å². The predicted molar refractivity (Wildman–Crippen MR) is 153 cm³/mol. The molecule has 0 spiro atoms. The van der Waals surface area contributed by atoms with Crippen molar-refractivity contribution in [3.8, 4) is 0 Å². The Morgan fingerprint density at radius 3 is 2.51 bits per heavy atom. The van der Waals surface area contributed by atoms with Crippen LogP contribution in [0, 0.1) is 21.7 Å². The molecule has 2 amide bonds. The molecule has 204 valence electrons. The lowest BCUT2D eigenvalue weighted by molar-refractivity contribution is -0.387. The number of carbonyl (C=O) groups excluding carboxylic acids is 2. The van der Waals surface area contributed by atoms with E-state index < -0.39 is 28.4 Å². The number of thiazole rings is 1. The number of halogens is 2. The van der Waals surface area contributed by atoms with Crippen molar-refractivity contribution in [1.29, 1.82) is 0 Å². The van der Waals surface area contributed by atoms with E-state index in [1.54, 1.807) is 36.4 Å². The summed E-state index contributed by atoms with van der Waals surface area (Å²) in [5.74, 6) is -2.25. The third kappa shape index (κ3) is 6.59. The molecule has 41 heavy (non-hydrogen) atoms. The number of hydrogen-bond donors (Lipinski definition) is 2. The van der Waals surface area contributed by atoms with Crippen molar-refractivity contribution in [2.45, 2.75) is 9.24 Å². The van der Waals surface area contributed by atoms with Crippen LogP contribution >= 0.6 is 23.1 Å². The number of hydrazone groups is 1. The van der Waals surface area contributed by atoms with Gasteiger partial charge in [-0.25, -0.2) is 19.2 Å². The van der Waals surface area contributed by atoms with Crippen LogP contribution in [-0.2, 0) is 0 Å². The lowest BCUT2D eigenvalue weighted by atomic mass is 10.2. The van der Waals surface area contributed by atoms with Crippen molar-refractivity contribution in [1.82, 2.24) is 10.4 Å². The third-order valence-corrected chi connectivity index (χ3v) is 7.75. The molecular formula is C28H17F2N5O4S2. The van der Waals surface area contributed by atoms with E-state index in [1.807, 2.05) is 0 Å². The van der Waals surface area contributed by atoms with Crippen molar-refractivity contribution < 1.29 is 23.3 Å². The van der Waals surface area contributed by atoms with E-state index in [9.17, 15) is 28.5 Å². The first-order valence-electron chi connectivity index (χ1n) is 11.8. The van der Waals surface area contributed by atoms with E-state index in [-0.39, 0.29) is 16.8 Å². The smallest absolute Gasteiger partial charge is 0.283 e. The molecule has 0 saturated heterocycles. The molecule has 0 atom stereocenters. The molecular weight excluding hydrogens is 572 g/mol. The Bertz CT molecular complexity index is 1830. The lowest BCUT2D eigenvalue weighted by Crippen LogP contribution is -2.17. The molecule has 9 nitrogen and oxygen atoms in total. The van der Waals surface area contributed by atoms with Crippen LogP contribution in [0.5, 0.6) is 0 Å². The maximum absolute atomic E-state index is 13.9. The molecule has 4 aromatic carbocycles. The number of hydrogen-bond acceptors (Lipinski definition) is 8. The van der Waals surface area contributed by atoms with Gasteiger partial charge >= 0.3 is 0 Å². The van der Waals surface area contributed by atoms with Gasteiger partial charge in [-0.05, 0) is 60.7 Å². The summed E-state index contributed by atoms with van der Waals surface area (Å²) in [6, 6.07) is 20.1. The molecule has 1 heterocycles. The molecule has 2 N–H and O–H groups in total. The molecule has 0 bridgehead atoms. The zero-order valence-corrected chi connectivity index (χ0v) is 22.3. The minimum Gasteiger partial charge on any atom is -0.322 e. The Kier molecular flexibility index (Phi) is 8.08. The standard InChI is InChI=1S/C28H17F2N5O4S2/c29-18-8-6-17(7-9-18)26(36)34-31-15-16-5-12-24(23(13-16)35(38)39)40-28-33-22-11-10-19(14-25(22)41-28)32-27(37)20-3-1-2-4-21(20)30/h1-15H,(H,32,37)(H,34,36). The van der Waals surface area contributed by atoms with Gasteiger partial charge < -0.3 is 5.32 Å². The van der Waals surface area contributed by atoms with Gasteiger partial charge in [0.2, 0.25) is 0 Å². The summed E-state index contributed by atoms with van der Waals surface area (Å²) in [6.45, 7) is 0. The number of carbonyl (C=O) groups is 2. The Hall–Kier alpha value is -5.01. The van der Waals surface area contributed by atoms with Crippen molar-refractivity contribution >= 4 is 62.7 Å². The normalized spacial score (nSPS) is 11.1. The summed E-state index contributed by atoms with van der Waals surface area (Å²) in [7, 11) is 0. The molecule has 0 unspecified atom stereocenters. The SMILES string of the molecule is O=C(NN=Cc1ccc(Sc2nc3ccc(NC(=O)c4ccccc4F)cc3s2)c([N+](=O)[O-])c1)c1ccc(F)cc1. The van der Waals surface area contributed by atoms with Crippen LogP contribution in [0.1, 0.15) is 26.3 Å². The van der Waals surface area contributed by atoms with Gasteiger partial charge in [-0.1, -0.05) is 30.0 Å². The largest absolute Gasteiger partial charge is 0.322 e. The van der Waals surface area contributed by atoms with Crippen LogP contribution in [0.2, 0.25) is 0 Å². The monoisotopic (exact) mass is 589 g/mol. The number of fused-ring (bicyclic) bond motifs is 1. The number of anilines is 1. The second-order valence-corrected chi connectivity index (χ2v) is 10.7. The van der Waals surface area contributed by atoms with Gasteiger partial charge in [0.05, 0.1) is 31.8 Å². The molecule has 0 radical (unpaired) electrons. The van der Waals surface area contributed by atoms with Crippen LogP contribution in [-0.4, -0.2) is 27.9 Å². The Balaban J connectivity index is 1.29. The van der Waals surface area contributed by atoms with Gasteiger partial charge in [-0.2, -0.15) is 5.10 Å². The van der Waals surface area contributed by atoms with Crippen LogP contribution in [0.3, 0.4) is 0 Å². The Labute approximate surface area is 239 Å². The number of nitrogens with one attached hydrogen (secondary N) is 2. The van der Waals surface area contributed by atoms with Crippen molar-refractivity contribution in [2.24, 2.45) is 5.10 Å². The second kappa shape index (κ2) is 12.0. The summed E-state index contributed by atoms with van der Waals surface area (Å²) in [6.07, 6.45) is 1.26. The molecule has 1 aromatic heterocycles. The van der Waals surface area contributed by atoms with Crippen LogP contribution < -0.4 is 10.7 Å². The van der Waals surface area contributed by atoms with E-state index in [1.165, 1.54) is 53.9 Å². The molecule has 13 heteroatoms. The fourth-order valence-corrected chi connectivity index (χ4v) is 5.79. The molecule has 0 saturated carbocycles. The highest BCUT2D eigenvalue weighted by atomic mass is 32.2. The third-order valence-electron chi connectivity index (χ3n) is 5.61. The van der Waals surface area contributed by atoms with E-state index in [2.05, 4.69) is 20.8 Å². The molecule has 0 aliphatic rings.